The molecule has 0 aromatic heterocycles. The van der Waals surface area contributed by atoms with Crippen LogP contribution in [0.15, 0.2) is 0 Å². The first-order valence-corrected chi connectivity index (χ1v) is 3.19. The molecule has 1 N–H and O–H groups in total. The van der Waals surface area contributed by atoms with Crippen LogP contribution in [0.1, 0.15) is 6.92 Å². The lowest BCUT2D eigenvalue weighted by Crippen LogP contribution is -2.41. The maximum absolute atomic E-state index is 12.1. The van der Waals surface area contributed by atoms with E-state index in [0.717, 1.165) is 0 Å². The molecule has 0 aromatic rings. The fourth-order valence-electron chi connectivity index (χ4n) is 0.412. The minimum Gasteiger partial charge on any atom is -0.296 e. The number of halogens is 4. The molecule has 0 spiro atoms. The highest BCUT2D eigenvalue weighted by Gasteiger charge is 2.40. The summed E-state index contributed by atoms with van der Waals surface area (Å²) in [5.41, 5.74) is 0. The van der Waals surface area contributed by atoms with E-state index in [1.54, 1.807) is 6.07 Å². The van der Waals surface area contributed by atoms with Gasteiger partial charge in [0.2, 0.25) is 0 Å². The highest BCUT2D eigenvalue weighted by Crippen LogP contribution is 2.21. The first kappa shape index (κ1) is 11.2. The zero-order valence-corrected chi connectivity index (χ0v) is 6.32. The summed E-state index contributed by atoms with van der Waals surface area (Å²) in [6.45, 7) is 0.126. The molecule has 0 aliphatic heterocycles. The number of hydrogen-bond acceptors (Lipinski definition) is 2. The van der Waals surface area contributed by atoms with Crippen molar-refractivity contribution in [2.45, 2.75) is 25.3 Å². The number of hydrogen-bond donors (Lipinski definition) is 1. The van der Waals surface area contributed by atoms with Gasteiger partial charge in [-0.2, -0.15) is 14.0 Å². The molecule has 6 heteroatoms. The Kier molecular flexibility index (Phi) is 3.96. The Morgan fingerprint density at radius 1 is 1.50 bits per heavy atom. The Hall–Kier alpha value is -0.830. The highest BCUT2D eigenvalue weighted by atomic mass is 19.3. The molecule has 12 heavy (non-hydrogen) atoms. The van der Waals surface area contributed by atoms with Gasteiger partial charge in [0.1, 0.15) is 0 Å². The van der Waals surface area contributed by atoms with Crippen LogP contribution < -0.4 is 5.32 Å². The van der Waals surface area contributed by atoms with Crippen molar-refractivity contribution in [1.29, 1.82) is 5.26 Å². The number of nitrogens with zero attached hydrogens (tertiary/aromatic N) is 1. The molecule has 0 amide bonds. The Morgan fingerprint density at radius 3 is 2.33 bits per heavy atom. The Balaban J connectivity index is 3.85. The van der Waals surface area contributed by atoms with Crippen LogP contribution in [0, 0.1) is 11.3 Å². The van der Waals surface area contributed by atoms with Crippen LogP contribution in [-0.2, 0) is 0 Å². The predicted octanol–water partition coefficient (Wildman–Crippen LogP) is 1.39. The maximum atomic E-state index is 12.1. The summed E-state index contributed by atoms with van der Waals surface area (Å²) in [6, 6.07) is 0.735. The third-order valence-corrected chi connectivity index (χ3v) is 1.16. The summed E-state index contributed by atoms with van der Waals surface area (Å²) >= 11 is 0. The largest absolute Gasteiger partial charge is 0.319 e. The smallest absolute Gasteiger partial charge is 0.296 e. The average molecular weight is 184 g/mol. The van der Waals surface area contributed by atoms with Gasteiger partial charge in [-0.25, -0.2) is 8.78 Å². The molecule has 0 radical (unpaired) electrons. The van der Waals surface area contributed by atoms with E-state index in [4.69, 9.17) is 5.26 Å². The third kappa shape index (κ3) is 3.53. The molecule has 1 unspecified atom stereocenters. The first-order valence-electron chi connectivity index (χ1n) is 3.19. The van der Waals surface area contributed by atoms with Gasteiger partial charge in [-0.15, -0.1) is 0 Å². The zero-order valence-electron chi connectivity index (χ0n) is 6.32. The van der Waals surface area contributed by atoms with Crippen molar-refractivity contribution in [3.05, 3.63) is 0 Å². The summed E-state index contributed by atoms with van der Waals surface area (Å²) in [7, 11) is 0. The van der Waals surface area contributed by atoms with Crippen molar-refractivity contribution in [3.63, 3.8) is 0 Å². The second-order valence-electron chi connectivity index (χ2n) is 2.29. The van der Waals surface area contributed by atoms with E-state index in [9.17, 15) is 17.6 Å². The lowest BCUT2D eigenvalue weighted by atomic mass is 10.3. The normalized spacial score (nSPS) is 14.4. The summed E-state index contributed by atoms with van der Waals surface area (Å²) in [5, 5.41) is 10.1. The quantitative estimate of drug-likeness (QED) is 0.670. The molecule has 0 aromatic carbocycles. The van der Waals surface area contributed by atoms with E-state index in [0.29, 0.717) is 0 Å². The molecule has 0 aliphatic carbocycles. The van der Waals surface area contributed by atoms with Crippen LogP contribution in [-0.4, -0.2) is 24.9 Å². The van der Waals surface area contributed by atoms with Crippen LogP contribution in [0.5, 0.6) is 0 Å². The van der Waals surface area contributed by atoms with Crippen molar-refractivity contribution < 1.29 is 17.6 Å². The Bertz CT molecular complexity index is 175. The topological polar surface area (TPSA) is 35.8 Å². The van der Waals surface area contributed by atoms with Crippen LogP contribution in [0.25, 0.3) is 0 Å². The minimum absolute atomic E-state index is 0.852. The molecule has 0 bridgehead atoms. The van der Waals surface area contributed by atoms with Gasteiger partial charge in [0.05, 0.1) is 18.7 Å². The van der Waals surface area contributed by atoms with Crippen molar-refractivity contribution in [1.82, 2.24) is 5.32 Å². The highest BCUT2D eigenvalue weighted by molar-refractivity contribution is 4.87. The van der Waals surface area contributed by atoms with Gasteiger partial charge < -0.3 is 0 Å². The van der Waals surface area contributed by atoms with Crippen molar-refractivity contribution >= 4 is 0 Å². The molecule has 0 fully saturated rings. The minimum atomic E-state index is -4.06. The lowest BCUT2D eigenvalue weighted by Gasteiger charge is -2.16. The van der Waals surface area contributed by atoms with E-state index in [1.807, 2.05) is 5.32 Å². The second-order valence-corrected chi connectivity index (χ2v) is 2.29. The van der Waals surface area contributed by atoms with Gasteiger partial charge in [-0.05, 0) is 6.92 Å². The molecule has 70 valence electrons. The fourth-order valence-corrected chi connectivity index (χ4v) is 0.412. The molecular formula is C6H8F4N2. The van der Waals surface area contributed by atoms with Gasteiger partial charge in [0.15, 0.2) is 0 Å². The van der Waals surface area contributed by atoms with E-state index in [1.165, 1.54) is 6.92 Å². The standard InChI is InChI=1S/C6H8F4N2/c1-4(2-11)12-3-6(9,10)5(7)8/h4-5,12H,3H2,1H3. The summed E-state index contributed by atoms with van der Waals surface area (Å²) in [5.74, 6) is -4.06. The molecule has 0 heterocycles. The first-order chi connectivity index (χ1) is 5.40. The van der Waals surface area contributed by atoms with Crippen molar-refractivity contribution in [3.8, 4) is 6.07 Å². The van der Waals surface area contributed by atoms with Gasteiger partial charge in [-0.1, -0.05) is 0 Å². The fraction of sp³-hybridized carbons (Fsp3) is 0.833. The zero-order chi connectivity index (χ0) is 9.78. The number of nitriles is 1. The molecular weight excluding hydrogens is 176 g/mol. The molecule has 0 aliphatic rings. The molecule has 1 atom stereocenters. The molecule has 0 saturated carbocycles. The predicted molar refractivity (Wildman–Crippen MR) is 34.0 cm³/mol. The van der Waals surface area contributed by atoms with Crippen LogP contribution in [0.4, 0.5) is 17.6 Å². The SMILES string of the molecule is CC(C#N)NCC(F)(F)C(F)F. The van der Waals surface area contributed by atoms with E-state index >= 15 is 0 Å². The Morgan fingerprint density at radius 2 is 2.00 bits per heavy atom. The number of rotatable bonds is 4. The molecule has 2 nitrogen and oxygen atoms in total. The van der Waals surface area contributed by atoms with Crippen LogP contribution in [0.2, 0.25) is 0 Å². The monoisotopic (exact) mass is 184 g/mol. The van der Waals surface area contributed by atoms with Crippen LogP contribution >= 0.6 is 0 Å². The summed E-state index contributed by atoms with van der Waals surface area (Å²) in [6.07, 6.45) is -3.70. The average Bonchev–Trinajstić information content (AvgIpc) is 2.00. The third-order valence-electron chi connectivity index (χ3n) is 1.16. The number of nitrogens with one attached hydrogen (secondary N) is 1. The molecule has 0 rings (SSSR count). The van der Waals surface area contributed by atoms with E-state index in [2.05, 4.69) is 0 Å². The lowest BCUT2D eigenvalue weighted by molar-refractivity contribution is -0.125. The number of alkyl halides is 4. The summed E-state index contributed by atoms with van der Waals surface area (Å²) < 4.78 is 47.2. The van der Waals surface area contributed by atoms with Gasteiger partial charge in [0, 0.05) is 0 Å². The van der Waals surface area contributed by atoms with Crippen molar-refractivity contribution in [2.75, 3.05) is 6.54 Å². The van der Waals surface area contributed by atoms with Crippen LogP contribution in [0.3, 0.4) is 0 Å². The van der Waals surface area contributed by atoms with Gasteiger partial charge in [-0.3, -0.25) is 5.32 Å². The molecule has 0 saturated heterocycles. The summed E-state index contributed by atoms with van der Waals surface area (Å²) in [4.78, 5) is 0. The maximum Gasteiger partial charge on any atom is 0.319 e. The second kappa shape index (κ2) is 4.26. The van der Waals surface area contributed by atoms with E-state index < -0.39 is 24.9 Å². The van der Waals surface area contributed by atoms with Gasteiger partial charge in [0.25, 0.3) is 0 Å². The van der Waals surface area contributed by atoms with Gasteiger partial charge >= 0.3 is 12.3 Å². The van der Waals surface area contributed by atoms with Crippen molar-refractivity contribution in [2.24, 2.45) is 0 Å². The van der Waals surface area contributed by atoms with E-state index in [-0.39, 0.29) is 0 Å². The Labute approximate surface area is 67.2 Å².